The number of rotatable bonds is 5. The highest BCUT2D eigenvalue weighted by Crippen LogP contribution is 2.41. The molecule has 2 fully saturated rings. The maximum absolute atomic E-state index is 13.4. The van der Waals surface area contributed by atoms with Gasteiger partial charge in [0.15, 0.2) is 0 Å². The number of piperidine rings is 2. The van der Waals surface area contributed by atoms with Crippen molar-refractivity contribution in [2.75, 3.05) is 32.7 Å². The summed E-state index contributed by atoms with van der Waals surface area (Å²) in [7, 11) is 0. The molecule has 1 aromatic carbocycles. The van der Waals surface area contributed by atoms with Gasteiger partial charge in [-0.15, -0.1) is 0 Å². The van der Waals surface area contributed by atoms with Crippen LogP contribution in [0.3, 0.4) is 0 Å². The monoisotopic (exact) mass is 445 g/mol. The van der Waals surface area contributed by atoms with Crippen LogP contribution in [-0.2, 0) is 15.0 Å². The zero-order chi connectivity index (χ0) is 22.8. The molecule has 172 valence electrons. The van der Waals surface area contributed by atoms with Crippen LogP contribution in [0.1, 0.15) is 36.9 Å². The molecule has 1 atom stereocenters. The summed E-state index contributed by atoms with van der Waals surface area (Å²) >= 11 is 0. The van der Waals surface area contributed by atoms with Gasteiger partial charge in [-0.05, 0) is 49.9 Å². The van der Waals surface area contributed by atoms with Crippen LogP contribution >= 0.6 is 0 Å². The number of hydrogen-bond donors (Lipinski definition) is 1. The Morgan fingerprint density at radius 3 is 2.52 bits per heavy atom. The number of carbonyl (C=O) groups is 2. The number of aromatic nitrogens is 2. The lowest BCUT2D eigenvalue weighted by Crippen LogP contribution is -2.51. The summed E-state index contributed by atoms with van der Waals surface area (Å²) in [5.74, 6) is -0.181. The first-order valence-electron chi connectivity index (χ1n) is 11.8. The number of imidazole rings is 1. The van der Waals surface area contributed by atoms with Crippen molar-refractivity contribution in [3.05, 3.63) is 72.2 Å². The Bertz CT molecular complexity index is 1100. The fraction of sp³-hybridized carbons (Fsp3) is 0.423. The molecule has 2 aliphatic heterocycles. The lowest BCUT2D eigenvalue weighted by atomic mass is 9.70. The quantitative estimate of drug-likeness (QED) is 0.654. The Kier molecular flexibility index (Phi) is 5.89. The van der Waals surface area contributed by atoms with Gasteiger partial charge < -0.3 is 15.0 Å². The van der Waals surface area contributed by atoms with E-state index >= 15 is 0 Å². The number of nitrogens with zero attached hydrogens (tertiary/aromatic N) is 4. The van der Waals surface area contributed by atoms with Crippen LogP contribution in [-0.4, -0.2) is 63.7 Å². The number of carbonyl (C=O) groups excluding carboxylic acids is 2. The van der Waals surface area contributed by atoms with Gasteiger partial charge in [-0.1, -0.05) is 36.4 Å². The van der Waals surface area contributed by atoms with Gasteiger partial charge in [0.05, 0.1) is 18.2 Å². The van der Waals surface area contributed by atoms with Crippen molar-refractivity contribution in [3.8, 4) is 0 Å². The standard InChI is InChI=1S/C26H31N5O2/c27-23(32)19-29-13-6-7-20(17-29)25(33)30-15-11-26(12-16-30,21-8-2-1-3-9-21)22-18-31-14-5-4-10-24(31)28-22/h1-5,8-10,14,18,20H,6-7,11-13,15-17,19H2,(H2,27,32). The van der Waals surface area contributed by atoms with Crippen molar-refractivity contribution in [3.63, 3.8) is 0 Å². The van der Waals surface area contributed by atoms with Gasteiger partial charge in [0.2, 0.25) is 11.8 Å². The molecule has 2 N–H and O–H groups in total. The van der Waals surface area contributed by atoms with Crippen molar-refractivity contribution in [1.82, 2.24) is 19.2 Å². The highest BCUT2D eigenvalue weighted by Gasteiger charge is 2.42. The van der Waals surface area contributed by atoms with Gasteiger partial charge in [-0.3, -0.25) is 14.5 Å². The molecular formula is C26H31N5O2. The molecule has 3 aromatic rings. The summed E-state index contributed by atoms with van der Waals surface area (Å²) in [5, 5.41) is 0. The van der Waals surface area contributed by atoms with E-state index in [1.54, 1.807) is 0 Å². The maximum Gasteiger partial charge on any atom is 0.231 e. The van der Waals surface area contributed by atoms with Crippen LogP contribution in [0.5, 0.6) is 0 Å². The van der Waals surface area contributed by atoms with Crippen molar-refractivity contribution < 1.29 is 9.59 Å². The Labute approximate surface area is 194 Å². The van der Waals surface area contributed by atoms with Gasteiger partial charge in [-0.2, -0.15) is 0 Å². The minimum atomic E-state index is -0.332. The van der Waals surface area contributed by atoms with Gasteiger partial charge >= 0.3 is 0 Å². The number of primary amides is 1. The topological polar surface area (TPSA) is 83.9 Å². The van der Waals surface area contributed by atoms with Crippen LogP contribution in [0.4, 0.5) is 0 Å². The lowest BCUT2D eigenvalue weighted by Gasteiger charge is -2.43. The Balaban J connectivity index is 1.36. The average Bonchev–Trinajstić information content (AvgIpc) is 3.29. The molecule has 0 bridgehead atoms. The van der Waals surface area contributed by atoms with E-state index in [0.29, 0.717) is 19.6 Å². The Hall–Kier alpha value is -3.19. The van der Waals surface area contributed by atoms with Crippen molar-refractivity contribution in [2.45, 2.75) is 31.1 Å². The van der Waals surface area contributed by atoms with Gasteiger partial charge in [0.25, 0.3) is 0 Å². The average molecular weight is 446 g/mol. The molecule has 7 heteroatoms. The van der Waals surface area contributed by atoms with Crippen LogP contribution < -0.4 is 5.73 Å². The SMILES string of the molecule is NC(=O)CN1CCCC(C(=O)N2CCC(c3ccccc3)(c3cn4ccccc4n3)CC2)C1. The minimum Gasteiger partial charge on any atom is -0.369 e. The molecule has 2 saturated heterocycles. The summed E-state index contributed by atoms with van der Waals surface area (Å²) in [6.07, 6.45) is 7.65. The second-order valence-corrected chi connectivity index (χ2v) is 9.41. The molecule has 0 radical (unpaired) electrons. The number of hydrogen-bond acceptors (Lipinski definition) is 4. The summed E-state index contributed by atoms with van der Waals surface area (Å²) < 4.78 is 2.08. The first kappa shape index (κ1) is 21.6. The number of fused-ring (bicyclic) bond motifs is 1. The normalized spacial score (nSPS) is 21.2. The predicted octanol–water partition coefficient (Wildman–Crippen LogP) is 2.44. The molecule has 5 rings (SSSR count). The summed E-state index contributed by atoms with van der Waals surface area (Å²) in [6, 6.07) is 16.6. The highest BCUT2D eigenvalue weighted by molar-refractivity contribution is 5.80. The zero-order valence-corrected chi connectivity index (χ0v) is 18.9. The molecule has 0 aliphatic carbocycles. The van der Waals surface area contributed by atoms with Gasteiger partial charge in [0.1, 0.15) is 5.65 Å². The predicted molar refractivity (Wildman–Crippen MR) is 127 cm³/mol. The Morgan fingerprint density at radius 2 is 1.79 bits per heavy atom. The smallest absolute Gasteiger partial charge is 0.231 e. The summed E-state index contributed by atoms with van der Waals surface area (Å²) in [4.78, 5) is 33.7. The summed E-state index contributed by atoms with van der Waals surface area (Å²) in [6.45, 7) is 3.09. The van der Waals surface area contributed by atoms with E-state index in [0.717, 1.165) is 43.6 Å². The minimum absolute atomic E-state index is 0.0579. The largest absolute Gasteiger partial charge is 0.369 e. The van der Waals surface area contributed by atoms with Crippen LogP contribution in [0.2, 0.25) is 0 Å². The third-order valence-corrected chi connectivity index (χ3v) is 7.34. The molecule has 0 spiro atoms. The first-order chi connectivity index (χ1) is 16.0. The van der Waals surface area contributed by atoms with Crippen molar-refractivity contribution in [1.29, 1.82) is 0 Å². The first-order valence-corrected chi connectivity index (χ1v) is 11.8. The van der Waals surface area contributed by atoms with Crippen LogP contribution in [0.15, 0.2) is 60.9 Å². The number of pyridine rings is 1. The van der Waals surface area contributed by atoms with E-state index in [-0.39, 0.29) is 29.7 Å². The van der Waals surface area contributed by atoms with E-state index in [4.69, 9.17) is 10.7 Å². The lowest BCUT2D eigenvalue weighted by molar-refractivity contribution is -0.139. The fourth-order valence-corrected chi connectivity index (χ4v) is 5.60. The van der Waals surface area contributed by atoms with Crippen LogP contribution in [0.25, 0.3) is 5.65 Å². The van der Waals surface area contributed by atoms with E-state index < -0.39 is 0 Å². The van der Waals surface area contributed by atoms with Gasteiger partial charge in [-0.25, -0.2) is 4.98 Å². The number of benzene rings is 1. The summed E-state index contributed by atoms with van der Waals surface area (Å²) in [5.41, 5.74) is 8.42. The number of likely N-dealkylation sites (tertiary alicyclic amines) is 2. The zero-order valence-electron chi connectivity index (χ0n) is 18.9. The number of amides is 2. The van der Waals surface area contributed by atoms with Gasteiger partial charge in [0, 0.05) is 37.4 Å². The van der Waals surface area contributed by atoms with Crippen LogP contribution in [0, 0.1) is 5.92 Å². The van der Waals surface area contributed by atoms with E-state index in [1.807, 2.05) is 40.3 Å². The third-order valence-electron chi connectivity index (χ3n) is 7.34. The van der Waals surface area contributed by atoms with Crippen molar-refractivity contribution >= 4 is 17.5 Å². The Morgan fingerprint density at radius 1 is 1.03 bits per heavy atom. The van der Waals surface area contributed by atoms with E-state index in [2.05, 4.69) is 34.9 Å². The molecular weight excluding hydrogens is 414 g/mol. The second kappa shape index (κ2) is 8.98. The van der Waals surface area contributed by atoms with Crippen molar-refractivity contribution in [2.24, 2.45) is 11.7 Å². The molecule has 0 saturated carbocycles. The van der Waals surface area contributed by atoms with E-state index in [1.165, 1.54) is 5.56 Å². The fourth-order valence-electron chi connectivity index (χ4n) is 5.60. The molecule has 33 heavy (non-hydrogen) atoms. The third kappa shape index (κ3) is 4.25. The molecule has 2 aliphatic rings. The second-order valence-electron chi connectivity index (χ2n) is 9.41. The molecule has 1 unspecified atom stereocenters. The molecule has 4 heterocycles. The highest BCUT2D eigenvalue weighted by atomic mass is 16.2. The number of nitrogens with two attached hydrogens (primary N) is 1. The maximum atomic E-state index is 13.4. The molecule has 7 nitrogen and oxygen atoms in total. The molecule has 2 amide bonds. The van der Waals surface area contributed by atoms with E-state index in [9.17, 15) is 9.59 Å². The molecule has 2 aromatic heterocycles.